The number of nitrogens with zero attached hydrogens (tertiary/aromatic N) is 3. The van der Waals surface area contributed by atoms with Crippen LogP contribution in [0.1, 0.15) is 20.3 Å². The molecule has 0 N–H and O–H groups in total. The van der Waals surface area contributed by atoms with Gasteiger partial charge in [0, 0.05) is 32.2 Å². The van der Waals surface area contributed by atoms with Crippen LogP contribution in [-0.2, 0) is 0 Å². The van der Waals surface area contributed by atoms with Crippen molar-refractivity contribution in [2.45, 2.75) is 26.3 Å². The molecule has 5 nitrogen and oxygen atoms in total. The third-order valence-electron chi connectivity index (χ3n) is 4.02. The summed E-state index contributed by atoms with van der Waals surface area (Å²) >= 11 is 0. The van der Waals surface area contributed by atoms with Gasteiger partial charge in [-0.2, -0.15) is 4.39 Å². The van der Waals surface area contributed by atoms with E-state index in [2.05, 4.69) is 18.7 Å². The minimum atomic E-state index is -0.767. The fourth-order valence-electron chi connectivity index (χ4n) is 2.60. The number of piperazine rings is 1. The van der Waals surface area contributed by atoms with Gasteiger partial charge in [-0.15, -0.1) is 0 Å². The molecule has 0 aromatic heterocycles. The molecule has 1 aliphatic rings. The topological polar surface area (TPSA) is 49.6 Å². The number of halogens is 1. The molecular weight excluding hydrogens is 261 g/mol. The van der Waals surface area contributed by atoms with Gasteiger partial charge in [0.25, 0.3) is 0 Å². The Bertz CT molecular complexity index is 487. The summed E-state index contributed by atoms with van der Waals surface area (Å²) in [7, 11) is 0. The summed E-state index contributed by atoms with van der Waals surface area (Å²) < 4.78 is 13.6. The van der Waals surface area contributed by atoms with Crippen LogP contribution in [0.15, 0.2) is 18.2 Å². The first kappa shape index (κ1) is 14.7. The maximum absolute atomic E-state index is 13.6. The highest BCUT2D eigenvalue weighted by molar-refractivity contribution is 5.64. The van der Waals surface area contributed by atoms with Crippen LogP contribution >= 0.6 is 0 Å². The molecule has 110 valence electrons. The zero-order valence-electron chi connectivity index (χ0n) is 11.9. The normalized spacial score (nSPS) is 18.1. The summed E-state index contributed by atoms with van der Waals surface area (Å²) in [5, 5.41) is 11.0. The summed E-state index contributed by atoms with van der Waals surface area (Å²) in [4.78, 5) is 14.7. The van der Waals surface area contributed by atoms with Crippen molar-refractivity contribution in [1.82, 2.24) is 4.90 Å². The van der Waals surface area contributed by atoms with Crippen LogP contribution in [0.2, 0.25) is 0 Å². The second kappa shape index (κ2) is 6.17. The van der Waals surface area contributed by atoms with Crippen LogP contribution in [0.5, 0.6) is 0 Å². The molecule has 1 aliphatic heterocycles. The van der Waals surface area contributed by atoms with Gasteiger partial charge in [0.2, 0.25) is 5.82 Å². The zero-order chi connectivity index (χ0) is 14.7. The van der Waals surface area contributed by atoms with E-state index in [9.17, 15) is 14.5 Å². The second-order valence-electron chi connectivity index (χ2n) is 5.14. The number of para-hydroxylation sites is 1. The van der Waals surface area contributed by atoms with E-state index in [-0.39, 0.29) is 0 Å². The summed E-state index contributed by atoms with van der Waals surface area (Å²) in [6, 6.07) is 4.80. The highest BCUT2D eigenvalue weighted by atomic mass is 19.1. The first-order chi connectivity index (χ1) is 9.54. The van der Waals surface area contributed by atoms with E-state index in [4.69, 9.17) is 0 Å². The molecule has 1 fully saturated rings. The number of anilines is 1. The Morgan fingerprint density at radius 1 is 1.35 bits per heavy atom. The van der Waals surface area contributed by atoms with Crippen molar-refractivity contribution >= 4 is 11.4 Å². The maximum atomic E-state index is 13.6. The molecule has 1 heterocycles. The number of hydrogen-bond acceptors (Lipinski definition) is 4. The zero-order valence-corrected chi connectivity index (χ0v) is 11.9. The first-order valence-corrected chi connectivity index (χ1v) is 6.96. The van der Waals surface area contributed by atoms with Gasteiger partial charge in [-0.3, -0.25) is 15.0 Å². The third kappa shape index (κ3) is 2.90. The molecule has 0 bridgehead atoms. The molecule has 0 radical (unpaired) electrons. The largest absolute Gasteiger partial charge is 0.363 e. The molecule has 0 amide bonds. The van der Waals surface area contributed by atoms with Crippen molar-refractivity contribution in [2.75, 3.05) is 31.1 Å². The lowest BCUT2D eigenvalue weighted by molar-refractivity contribution is -0.386. The van der Waals surface area contributed by atoms with Gasteiger partial charge in [-0.25, -0.2) is 0 Å². The Hall–Kier alpha value is -1.69. The lowest BCUT2D eigenvalue weighted by atomic mass is 10.1. The van der Waals surface area contributed by atoms with E-state index in [1.807, 2.05) is 4.90 Å². The van der Waals surface area contributed by atoms with Gasteiger partial charge >= 0.3 is 5.69 Å². The lowest BCUT2D eigenvalue weighted by Gasteiger charge is -2.38. The van der Waals surface area contributed by atoms with Crippen molar-refractivity contribution in [3.63, 3.8) is 0 Å². The number of rotatable bonds is 4. The number of nitro benzene ring substituents is 1. The minimum Gasteiger partial charge on any atom is -0.363 e. The van der Waals surface area contributed by atoms with Gasteiger partial charge in [0.1, 0.15) is 5.69 Å². The van der Waals surface area contributed by atoms with E-state index >= 15 is 0 Å². The molecule has 20 heavy (non-hydrogen) atoms. The highest BCUT2D eigenvalue weighted by Gasteiger charge is 2.27. The summed E-state index contributed by atoms with van der Waals surface area (Å²) in [5.41, 5.74) is -0.0247. The predicted molar refractivity (Wildman–Crippen MR) is 76.6 cm³/mol. The first-order valence-electron chi connectivity index (χ1n) is 6.96. The van der Waals surface area contributed by atoms with Crippen molar-refractivity contribution in [2.24, 2.45) is 0 Å². The fraction of sp³-hybridized carbons (Fsp3) is 0.571. The minimum absolute atomic E-state index is 0.388. The Morgan fingerprint density at radius 2 is 2.00 bits per heavy atom. The molecular formula is C14H20FN3O2. The van der Waals surface area contributed by atoms with Crippen LogP contribution in [0.3, 0.4) is 0 Å². The fourth-order valence-corrected chi connectivity index (χ4v) is 2.60. The second-order valence-corrected chi connectivity index (χ2v) is 5.14. The predicted octanol–water partition coefficient (Wildman–Crippen LogP) is 2.65. The Balaban J connectivity index is 2.15. The molecule has 1 aromatic rings. The molecule has 6 heteroatoms. The van der Waals surface area contributed by atoms with E-state index in [1.54, 1.807) is 6.07 Å². The molecule has 0 saturated carbocycles. The van der Waals surface area contributed by atoms with E-state index in [0.29, 0.717) is 24.8 Å². The van der Waals surface area contributed by atoms with Crippen molar-refractivity contribution in [1.29, 1.82) is 0 Å². The van der Waals surface area contributed by atoms with Crippen LogP contribution in [0.25, 0.3) is 0 Å². The smallest absolute Gasteiger partial charge is 0.327 e. The molecule has 1 saturated heterocycles. The standard InChI is InChI=1S/C14H20FN3O2/c1-3-11(2)16-7-9-17(10-8-16)13-6-4-5-12(15)14(13)18(19)20/h4-6,11H,3,7-10H2,1-2H3. The lowest BCUT2D eigenvalue weighted by Crippen LogP contribution is -2.49. The monoisotopic (exact) mass is 281 g/mol. The van der Waals surface area contributed by atoms with E-state index < -0.39 is 16.4 Å². The average molecular weight is 281 g/mol. The van der Waals surface area contributed by atoms with E-state index in [1.165, 1.54) is 6.07 Å². The number of benzene rings is 1. The quantitative estimate of drug-likeness (QED) is 0.629. The van der Waals surface area contributed by atoms with E-state index in [0.717, 1.165) is 25.6 Å². The van der Waals surface area contributed by atoms with Crippen LogP contribution in [-0.4, -0.2) is 42.0 Å². The van der Waals surface area contributed by atoms with Gasteiger partial charge < -0.3 is 4.90 Å². The SMILES string of the molecule is CCC(C)N1CCN(c2cccc(F)c2[N+](=O)[O-])CC1. The van der Waals surface area contributed by atoms with Gasteiger partial charge in [-0.1, -0.05) is 13.0 Å². The molecule has 2 rings (SSSR count). The Labute approximate surface area is 118 Å². The van der Waals surface area contributed by atoms with Crippen LogP contribution in [0.4, 0.5) is 15.8 Å². The summed E-state index contributed by atoms with van der Waals surface area (Å²) in [6.07, 6.45) is 1.08. The van der Waals surface area contributed by atoms with Gasteiger partial charge in [0.15, 0.2) is 0 Å². The van der Waals surface area contributed by atoms with Crippen molar-refractivity contribution in [3.05, 3.63) is 34.1 Å². The molecule has 1 aromatic carbocycles. The van der Waals surface area contributed by atoms with Crippen molar-refractivity contribution in [3.8, 4) is 0 Å². The maximum Gasteiger partial charge on any atom is 0.327 e. The Kier molecular flexibility index (Phi) is 4.54. The van der Waals surface area contributed by atoms with Crippen LogP contribution in [0, 0.1) is 15.9 Å². The van der Waals surface area contributed by atoms with Crippen LogP contribution < -0.4 is 4.90 Å². The number of nitro groups is 1. The number of hydrogen-bond donors (Lipinski definition) is 0. The average Bonchev–Trinajstić information content (AvgIpc) is 2.46. The highest BCUT2D eigenvalue weighted by Crippen LogP contribution is 2.31. The molecule has 1 atom stereocenters. The summed E-state index contributed by atoms with van der Waals surface area (Å²) in [6.45, 7) is 7.41. The molecule has 0 spiro atoms. The summed E-state index contributed by atoms with van der Waals surface area (Å²) in [5.74, 6) is -0.767. The Morgan fingerprint density at radius 3 is 2.55 bits per heavy atom. The third-order valence-corrected chi connectivity index (χ3v) is 4.02. The molecule has 0 aliphatic carbocycles. The van der Waals surface area contributed by atoms with Crippen molar-refractivity contribution < 1.29 is 9.31 Å². The molecule has 1 unspecified atom stereocenters. The van der Waals surface area contributed by atoms with Gasteiger partial charge in [-0.05, 0) is 25.5 Å². The van der Waals surface area contributed by atoms with Gasteiger partial charge in [0.05, 0.1) is 4.92 Å².